The Hall–Kier alpha value is -3.65. The third-order valence-corrected chi connectivity index (χ3v) is 6.57. The second kappa shape index (κ2) is 11.0. The molecule has 1 aliphatic heterocycles. The molecule has 0 saturated heterocycles. The topological polar surface area (TPSA) is 79.1 Å². The molecule has 1 aromatic heterocycles. The second-order valence-corrected chi connectivity index (χ2v) is 9.52. The van der Waals surface area contributed by atoms with Gasteiger partial charge in [0.2, 0.25) is 0 Å². The van der Waals surface area contributed by atoms with Crippen molar-refractivity contribution >= 4 is 23.4 Å². The zero-order chi connectivity index (χ0) is 25.8. The highest BCUT2D eigenvalue weighted by molar-refractivity contribution is 7.07. The molecular weight excluding hydrogens is 476 g/mol. The molecule has 0 unspecified atom stereocenters. The summed E-state index contributed by atoms with van der Waals surface area (Å²) in [4.78, 5) is 32.1. The number of aromatic nitrogens is 1. The first-order valence-corrected chi connectivity index (χ1v) is 12.8. The summed E-state index contributed by atoms with van der Waals surface area (Å²) in [6.45, 7) is 10.1. The number of allylic oxidation sites excluding steroid dienone is 1. The number of fused-ring (bicyclic) bond motifs is 1. The van der Waals surface area contributed by atoms with Gasteiger partial charge in [-0.2, -0.15) is 0 Å². The predicted octanol–water partition coefficient (Wildman–Crippen LogP) is 3.98. The SMILES string of the molecule is CCOC(=O)C1=C(C)N=c2s/c(=C/c3ccc(OCC)cc3)c(=O)n2[C@@H]1c1ccccc1OC(C)C. The lowest BCUT2D eigenvalue weighted by Crippen LogP contribution is -2.40. The van der Waals surface area contributed by atoms with Crippen LogP contribution in [0.1, 0.15) is 51.8 Å². The lowest BCUT2D eigenvalue weighted by Gasteiger charge is -2.26. The summed E-state index contributed by atoms with van der Waals surface area (Å²) in [6.07, 6.45) is 1.74. The van der Waals surface area contributed by atoms with Gasteiger partial charge in [-0.15, -0.1) is 0 Å². The Morgan fingerprint density at radius 1 is 1.11 bits per heavy atom. The molecule has 0 radical (unpaired) electrons. The number of rotatable bonds is 8. The Morgan fingerprint density at radius 2 is 1.83 bits per heavy atom. The van der Waals surface area contributed by atoms with E-state index in [0.29, 0.717) is 38.5 Å². The zero-order valence-electron chi connectivity index (χ0n) is 21.1. The van der Waals surface area contributed by atoms with Gasteiger partial charge in [0.05, 0.1) is 35.1 Å². The van der Waals surface area contributed by atoms with Crippen molar-refractivity contribution in [1.29, 1.82) is 0 Å². The van der Waals surface area contributed by atoms with Crippen LogP contribution in [0, 0.1) is 0 Å². The molecule has 0 saturated carbocycles. The van der Waals surface area contributed by atoms with E-state index in [9.17, 15) is 9.59 Å². The van der Waals surface area contributed by atoms with E-state index in [1.54, 1.807) is 18.4 Å². The van der Waals surface area contributed by atoms with E-state index >= 15 is 0 Å². The summed E-state index contributed by atoms with van der Waals surface area (Å²) in [5, 5.41) is 0. The summed E-state index contributed by atoms with van der Waals surface area (Å²) < 4.78 is 19.1. The summed E-state index contributed by atoms with van der Waals surface area (Å²) in [6, 6.07) is 14.3. The molecule has 2 aromatic carbocycles. The summed E-state index contributed by atoms with van der Waals surface area (Å²) in [5.74, 6) is 0.881. The van der Waals surface area contributed by atoms with Gasteiger partial charge in [-0.05, 0) is 64.5 Å². The van der Waals surface area contributed by atoms with Crippen LogP contribution in [0.15, 0.2) is 69.6 Å². The first-order chi connectivity index (χ1) is 17.3. The number of nitrogens with zero attached hydrogens (tertiary/aromatic N) is 2. The first-order valence-electron chi connectivity index (χ1n) is 12.0. The molecule has 7 nitrogen and oxygen atoms in total. The molecule has 0 amide bonds. The van der Waals surface area contributed by atoms with E-state index < -0.39 is 12.0 Å². The molecule has 8 heteroatoms. The monoisotopic (exact) mass is 506 g/mol. The van der Waals surface area contributed by atoms with Crippen LogP contribution in [0.3, 0.4) is 0 Å². The number of ether oxygens (including phenoxy) is 3. The van der Waals surface area contributed by atoms with Crippen molar-refractivity contribution in [3.05, 3.63) is 90.6 Å². The molecule has 188 valence electrons. The number of hydrogen-bond donors (Lipinski definition) is 0. The van der Waals surface area contributed by atoms with Crippen molar-refractivity contribution in [3.8, 4) is 11.5 Å². The molecule has 0 aliphatic carbocycles. The maximum atomic E-state index is 13.8. The Morgan fingerprint density at radius 3 is 2.50 bits per heavy atom. The van der Waals surface area contributed by atoms with Gasteiger partial charge in [0, 0.05) is 5.56 Å². The molecule has 2 heterocycles. The van der Waals surface area contributed by atoms with E-state index in [1.165, 1.54) is 11.3 Å². The molecule has 0 fully saturated rings. The Labute approximate surface area is 214 Å². The van der Waals surface area contributed by atoms with Crippen molar-refractivity contribution in [2.24, 2.45) is 4.99 Å². The van der Waals surface area contributed by atoms with Gasteiger partial charge in [0.15, 0.2) is 4.80 Å². The van der Waals surface area contributed by atoms with Crippen LogP contribution in [0.5, 0.6) is 11.5 Å². The largest absolute Gasteiger partial charge is 0.494 e. The fourth-order valence-electron chi connectivity index (χ4n) is 4.13. The van der Waals surface area contributed by atoms with Crippen molar-refractivity contribution in [2.75, 3.05) is 13.2 Å². The average Bonchev–Trinajstić information content (AvgIpc) is 3.14. The zero-order valence-corrected chi connectivity index (χ0v) is 21.9. The van der Waals surface area contributed by atoms with Crippen LogP contribution in [-0.2, 0) is 9.53 Å². The van der Waals surface area contributed by atoms with Gasteiger partial charge in [-0.3, -0.25) is 9.36 Å². The number of carbonyl (C=O) groups is 1. The maximum Gasteiger partial charge on any atom is 0.338 e. The molecule has 1 aliphatic rings. The third-order valence-electron chi connectivity index (χ3n) is 5.58. The molecule has 0 N–H and O–H groups in total. The fourth-order valence-corrected chi connectivity index (χ4v) is 5.18. The lowest BCUT2D eigenvalue weighted by molar-refractivity contribution is -0.139. The van der Waals surface area contributed by atoms with E-state index in [-0.39, 0.29) is 18.3 Å². The predicted molar refractivity (Wildman–Crippen MR) is 140 cm³/mol. The highest BCUT2D eigenvalue weighted by Crippen LogP contribution is 2.36. The highest BCUT2D eigenvalue weighted by Gasteiger charge is 2.35. The van der Waals surface area contributed by atoms with Crippen LogP contribution in [0.25, 0.3) is 6.08 Å². The van der Waals surface area contributed by atoms with Gasteiger partial charge in [0.1, 0.15) is 17.5 Å². The van der Waals surface area contributed by atoms with Crippen LogP contribution in [-0.4, -0.2) is 29.9 Å². The highest BCUT2D eigenvalue weighted by atomic mass is 32.1. The third kappa shape index (κ3) is 5.14. The standard InChI is InChI=1S/C28H30N2O5S/c1-6-33-20-14-12-19(13-15-20)16-23-26(31)30-25(21-10-8-9-11-22(21)35-17(3)4)24(27(32)34-7-2)18(5)29-28(30)36-23/h8-17,25H,6-7H2,1-5H3/b23-16+/t25-/m1/s1. The van der Waals surface area contributed by atoms with Crippen molar-refractivity contribution in [3.63, 3.8) is 0 Å². The molecule has 36 heavy (non-hydrogen) atoms. The smallest absolute Gasteiger partial charge is 0.338 e. The lowest BCUT2D eigenvalue weighted by atomic mass is 9.95. The number of esters is 1. The quantitative estimate of drug-likeness (QED) is 0.432. The summed E-state index contributed by atoms with van der Waals surface area (Å²) in [5.41, 5.74) is 2.19. The average molecular weight is 507 g/mol. The second-order valence-electron chi connectivity index (χ2n) is 8.51. The van der Waals surface area contributed by atoms with E-state index in [0.717, 1.165) is 11.3 Å². The molecule has 0 spiro atoms. The summed E-state index contributed by atoms with van der Waals surface area (Å²) in [7, 11) is 0. The van der Waals surface area contributed by atoms with Crippen molar-refractivity contribution in [2.45, 2.75) is 46.8 Å². The number of hydrogen-bond acceptors (Lipinski definition) is 7. The Kier molecular flexibility index (Phi) is 7.74. The minimum absolute atomic E-state index is 0.0854. The van der Waals surface area contributed by atoms with Gasteiger partial charge in [-0.1, -0.05) is 41.7 Å². The van der Waals surface area contributed by atoms with Gasteiger partial charge in [-0.25, -0.2) is 9.79 Å². The van der Waals surface area contributed by atoms with Gasteiger partial charge in [0.25, 0.3) is 5.56 Å². The van der Waals surface area contributed by atoms with E-state index in [1.807, 2.05) is 75.4 Å². The van der Waals surface area contributed by atoms with Crippen LogP contribution >= 0.6 is 11.3 Å². The summed E-state index contributed by atoms with van der Waals surface area (Å²) >= 11 is 1.29. The number of para-hydroxylation sites is 1. The van der Waals surface area contributed by atoms with Crippen LogP contribution in [0.2, 0.25) is 0 Å². The normalized spacial score (nSPS) is 15.5. The van der Waals surface area contributed by atoms with E-state index in [4.69, 9.17) is 14.2 Å². The Balaban J connectivity index is 1.92. The Bertz CT molecular complexity index is 1460. The van der Waals surface area contributed by atoms with Gasteiger partial charge < -0.3 is 14.2 Å². The molecule has 0 bridgehead atoms. The minimum atomic E-state index is -0.724. The van der Waals surface area contributed by atoms with Crippen molar-refractivity contribution in [1.82, 2.24) is 4.57 Å². The maximum absolute atomic E-state index is 13.8. The fraction of sp³-hybridized carbons (Fsp3) is 0.321. The minimum Gasteiger partial charge on any atom is -0.494 e. The molecule has 1 atom stereocenters. The number of benzene rings is 2. The van der Waals surface area contributed by atoms with E-state index in [2.05, 4.69) is 4.99 Å². The number of carbonyl (C=O) groups excluding carboxylic acids is 1. The van der Waals surface area contributed by atoms with Crippen LogP contribution in [0.4, 0.5) is 0 Å². The van der Waals surface area contributed by atoms with Crippen molar-refractivity contribution < 1.29 is 19.0 Å². The van der Waals surface area contributed by atoms with Gasteiger partial charge >= 0.3 is 5.97 Å². The molecular formula is C28H30N2O5S. The van der Waals surface area contributed by atoms with Crippen LogP contribution < -0.4 is 24.4 Å². The number of thiazole rings is 1. The molecule has 4 rings (SSSR count). The first kappa shape index (κ1) is 25.4. The molecule has 3 aromatic rings.